The molecule has 0 atom stereocenters. The molecule has 4 heteroatoms. The van der Waals surface area contributed by atoms with Gasteiger partial charge in [-0.05, 0) is 72.8 Å². The molecule has 0 fully saturated rings. The summed E-state index contributed by atoms with van der Waals surface area (Å²) >= 11 is 0. The van der Waals surface area contributed by atoms with Crippen LogP contribution in [0.1, 0.15) is 16.7 Å². The van der Waals surface area contributed by atoms with Crippen molar-refractivity contribution < 1.29 is 19.1 Å². The summed E-state index contributed by atoms with van der Waals surface area (Å²) in [6.07, 6.45) is 0. The third kappa shape index (κ3) is 5.51. The summed E-state index contributed by atoms with van der Waals surface area (Å²) in [6, 6.07) is 25.0. The lowest BCUT2D eigenvalue weighted by Crippen LogP contribution is -3.08. The van der Waals surface area contributed by atoms with Gasteiger partial charge < -0.3 is 19.1 Å². The van der Waals surface area contributed by atoms with Gasteiger partial charge in [0.2, 0.25) is 0 Å². The highest BCUT2D eigenvalue weighted by atomic mass is 16.5. The smallest absolute Gasteiger partial charge is 0.118 e. The van der Waals surface area contributed by atoms with Crippen LogP contribution in [0.4, 0.5) is 0 Å². The summed E-state index contributed by atoms with van der Waals surface area (Å²) in [5, 5.41) is 0. The third-order valence-electron chi connectivity index (χ3n) is 4.84. The molecule has 4 nitrogen and oxygen atoms in total. The molecule has 0 heterocycles. The minimum Gasteiger partial charge on any atom is -0.497 e. The molecule has 0 aromatic heterocycles. The van der Waals surface area contributed by atoms with E-state index in [1.807, 2.05) is 36.4 Å². The highest BCUT2D eigenvalue weighted by molar-refractivity contribution is 5.29. The molecule has 146 valence electrons. The van der Waals surface area contributed by atoms with E-state index in [9.17, 15) is 0 Å². The Labute approximate surface area is 167 Å². The van der Waals surface area contributed by atoms with Crippen LogP contribution < -0.4 is 19.1 Å². The molecule has 28 heavy (non-hydrogen) atoms. The van der Waals surface area contributed by atoms with Crippen molar-refractivity contribution in [3.63, 3.8) is 0 Å². The SMILES string of the molecule is COc1ccc(C[NH+](Cc2ccc(OC)cc2)Cc2ccc(OC)cc2)cc1. The molecule has 0 bridgehead atoms. The highest BCUT2D eigenvalue weighted by Gasteiger charge is 2.13. The van der Waals surface area contributed by atoms with Gasteiger partial charge in [0.25, 0.3) is 0 Å². The summed E-state index contributed by atoms with van der Waals surface area (Å²) in [7, 11) is 5.08. The summed E-state index contributed by atoms with van der Waals surface area (Å²) in [5.41, 5.74) is 3.87. The lowest BCUT2D eigenvalue weighted by Gasteiger charge is -2.20. The van der Waals surface area contributed by atoms with Gasteiger partial charge in [-0.15, -0.1) is 0 Å². The molecule has 0 aliphatic carbocycles. The van der Waals surface area contributed by atoms with Crippen LogP contribution >= 0.6 is 0 Å². The Morgan fingerprint density at radius 1 is 0.464 bits per heavy atom. The summed E-state index contributed by atoms with van der Waals surface area (Å²) < 4.78 is 15.8. The first-order valence-corrected chi connectivity index (χ1v) is 9.42. The number of nitrogens with one attached hydrogen (secondary N) is 1. The fraction of sp³-hybridized carbons (Fsp3) is 0.250. The van der Waals surface area contributed by atoms with Gasteiger partial charge in [0.05, 0.1) is 21.3 Å². The molecule has 0 saturated carbocycles. The van der Waals surface area contributed by atoms with Crippen molar-refractivity contribution in [1.29, 1.82) is 0 Å². The molecular formula is C24H28NO3+. The summed E-state index contributed by atoms with van der Waals surface area (Å²) in [5.74, 6) is 2.65. The molecule has 0 aliphatic heterocycles. The lowest BCUT2D eigenvalue weighted by atomic mass is 10.1. The molecule has 0 spiro atoms. The first-order valence-electron chi connectivity index (χ1n) is 9.42. The van der Waals surface area contributed by atoms with Crippen molar-refractivity contribution in [1.82, 2.24) is 0 Å². The van der Waals surface area contributed by atoms with Crippen LogP contribution in [-0.2, 0) is 19.6 Å². The van der Waals surface area contributed by atoms with Crippen LogP contribution in [0.15, 0.2) is 72.8 Å². The van der Waals surface area contributed by atoms with Crippen LogP contribution in [-0.4, -0.2) is 21.3 Å². The molecule has 0 amide bonds. The quantitative estimate of drug-likeness (QED) is 0.619. The molecule has 0 unspecified atom stereocenters. The second kappa shape index (κ2) is 9.81. The summed E-state index contributed by atoms with van der Waals surface area (Å²) in [4.78, 5) is 1.46. The maximum Gasteiger partial charge on any atom is 0.118 e. The van der Waals surface area contributed by atoms with Gasteiger partial charge in [0.15, 0.2) is 0 Å². The van der Waals surface area contributed by atoms with Gasteiger partial charge >= 0.3 is 0 Å². The van der Waals surface area contributed by atoms with Crippen molar-refractivity contribution in [2.75, 3.05) is 21.3 Å². The number of benzene rings is 3. The van der Waals surface area contributed by atoms with E-state index >= 15 is 0 Å². The minimum absolute atomic E-state index is 0.885. The van der Waals surface area contributed by atoms with E-state index < -0.39 is 0 Å². The normalized spacial score (nSPS) is 10.7. The van der Waals surface area contributed by atoms with E-state index in [1.165, 1.54) is 21.6 Å². The molecule has 3 aromatic rings. The minimum atomic E-state index is 0.885. The number of hydrogen-bond acceptors (Lipinski definition) is 3. The third-order valence-corrected chi connectivity index (χ3v) is 4.84. The fourth-order valence-electron chi connectivity index (χ4n) is 3.28. The van der Waals surface area contributed by atoms with Gasteiger partial charge in [-0.1, -0.05) is 0 Å². The van der Waals surface area contributed by atoms with E-state index in [0.29, 0.717) is 0 Å². The highest BCUT2D eigenvalue weighted by Crippen LogP contribution is 2.13. The molecule has 1 N–H and O–H groups in total. The number of quaternary nitrogens is 1. The second-order valence-corrected chi connectivity index (χ2v) is 6.82. The van der Waals surface area contributed by atoms with Crippen molar-refractivity contribution in [3.05, 3.63) is 89.5 Å². The molecular weight excluding hydrogens is 350 g/mol. The standard InChI is InChI=1S/C24H27NO3/c1-26-22-10-4-19(5-11-22)16-25(17-20-6-12-23(27-2)13-7-20)18-21-8-14-24(28-3)15-9-21/h4-15H,16-18H2,1-3H3/p+1. The van der Waals surface area contributed by atoms with Gasteiger partial charge in [-0.3, -0.25) is 0 Å². The maximum absolute atomic E-state index is 5.28. The second-order valence-electron chi connectivity index (χ2n) is 6.82. The average molecular weight is 378 g/mol. The van der Waals surface area contributed by atoms with Crippen LogP contribution in [0.2, 0.25) is 0 Å². The Morgan fingerprint density at radius 3 is 0.929 bits per heavy atom. The van der Waals surface area contributed by atoms with E-state index in [4.69, 9.17) is 14.2 Å². The predicted molar refractivity (Wildman–Crippen MR) is 111 cm³/mol. The zero-order chi connectivity index (χ0) is 19.8. The van der Waals surface area contributed by atoms with Gasteiger partial charge in [-0.2, -0.15) is 0 Å². The molecule has 0 radical (unpaired) electrons. The van der Waals surface area contributed by atoms with Crippen LogP contribution in [0.3, 0.4) is 0 Å². The van der Waals surface area contributed by atoms with Crippen LogP contribution in [0.5, 0.6) is 17.2 Å². The number of methoxy groups -OCH3 is 3. The zero-order valence-electron chi connectivity index (χ0n) is 16.8. The Balaban J connectivity index is 1.76. The Morgan fingerprint density at radius 2 is 0.714 bits per heavy atom. The van der Waals surface area contributed by atoms with Gasteiger partial charge in [0.1, 0.15) is 36.9 Å². The van der Waals surface area contributed by atoms with Gasteiger partial charge in [0, 0.05) is 16.7 Å². The van der Waals surface area contributed by atoms with Crippen molar-refractivity contribution in [2.24, 2.45) is 0 Å². The van der Waals surface area contributed by atoms with Crippen molar-refractivity contribution in [3.8, 4) is 17.2 Å². The Bertz CT molecular complexity index is 725. The van der Waals surface area contributed by atoms with Crippen molar-refractivity contribution in [2.45, 2.75) is 19.6 Å². The Hall–Kier alpha value is -2.98. The van der Waals surface area contributed by atoms with E-state index in [-0.39, 0.29) is 0 Å². The Kier molecular flexibility index (Phi) is 6.93. The number of hydrogen-bond donors (Lipinski definition) is 1. The topological polar surface area (TPSA) is 32.1 Å². The van der Waals surface area contributed by atoms with E-state index in [0.717, 1.165) is 36.9 Å². The lowest BCUT2D eigenvalue weighted by molar-refractivity contribution is -0.941. The first kappa shape index (κ1) is 19.8. The molecule has 0 aliphatic rings. The predicted octanol–water partition coefficient (Wildman–Crippen LogP) is 3.50. The number of ether oxygens (including phenoxy) is 3. The monoisotopic (exact) mass is 378 g/mol. The van der Waals surface area contributed by atoms with Crippen LogP contribution in [0.25, 0.3) is 0 Å². The largest absolute Gasteiger partial charge is 0.497 e. The van der Waals surface area contributed by atoms with Crippen LogP contribution in [0, 0.1) is 0 Å². The molecule has 3 rings (SSSR count). The first-order chi connectivity index (χ1) is 13.7. The van der Waals surface area contributed by atoms with E-state index in [2.05, 4.69) is 36.4 Å². The zero-order valence-corrected chi connectivity index (χ0v) is 16.8. The maximum atomic E-state index is 5.28. The van der Waals surface area contributed by atoms with Crippen molar-refractivity contribution >= 4 is 0 Å². The number of rotatable bonds is 9. The molecule has 0 saturated heterocycles. The average Bonchev–Trinajstić information content (AvgIpc) is 2.75. The summed E-state index contributed by atoms with van der Waals surface area (Å²) in [6.45, 7) is 2.80. The molecule has 3 aromatic carbocycles. The fourth-order valence-corrected chi connectivity index (χ4v) is 3.28. The van der Waals surface area contributed by atoms with E-state index in [1.54, 1.807) is 21.3 Å². The van der Waals surface area contributed by atoms with Gasteiger partial charge in [-0.25, -0.2) is 0 Å².